The first-order valence-electron chi connectivity index (χ1n) is 5.41. The van der Waals surface area contributed by atoms with Crippen molar-refractivity contribution in [3.8, 4) is 0 Å². The molecule has 2 heteroatoms. The van der Waals surface area contributed by atoms with Gasteiger partial charge in [0.2, 0.25) is 0 Å². The molecule has 1 unspecified atom stereocenters. The Morgan fingerprint density at radius 1 is 1.31 bits per heavy atom. The number of rotatable bonds is 7. The molecule has 0 fully saturated rings. The van der Waals surface area contributed by atoms with Crippen molar-refractivity contribution in [2.75, 3.05) is 6.61 Å². The summed E-state index contributed by atoms with van der Waals surface area (Å²) >= 11 is 0. The fraction of sp³-hybridized carbons (Fsp3) is 1.00. The SMILES string of the molecule is CCCCOC(C)(C)CC(N)CC. The average Bonchev–Trinajstić information content (AvgIpc) is 2.03. The molecular formula is C11H25NO. The van der Waals surface area contributed by atoms with Gasteiger partial charge in [-0.25, -0.2) is 0 Å². The Labute approximate surface area is 82.8 Å². The number of unbranched alkanes of at least 4 members (excludes halogenated alkanes) is 1. The molecular weight excluding hydrogens is 162 g/mol. The zero-order valence-electron chi connectivity index (χ0n) is 9.60. The summed E-state index contributed by atoms with van der Waals surface area (Å²) < 4.78 is 5.76. The highest BCUT2D eigenvalue weighted by Crippen LogP contribution is 2.17. The van der Waals surface area contributed by atoms with E-state index < -0.39 is 0 Å². The Kier molecular flexibility index (Phi) is 6.35. The first-order chi connectivity index (χ1) is 6.02. The van der Waals surface area contributed by atoms with Crippen LogP contribution in [-0.4, -0.2) is 18.2 Å². The Bertz CT molecular complexity index is 123. The molecule has 0 aliphatic carbocycles. The normalized spacial score (nSPS) is 14.5. The van der Waals surface area contributed by atoms with Crippen molar-refractivity contribution >= 4 is 0 Å². The smallest absolute Gasteiger partial charge is 0.0641 e. The van der Waals surface area contributed by atoms with Crippen LogP contribution in [0.4, 0.5) is 0 Å². The molecule has 0 saturated heterocycles. The highest BCUT2D eigenvalue weighted by molar-refractivity contribution is 4.75. The van der Waals surface area contributed by atoms with Crippen molar-refractivity contribution in [1.29, 1.82) is 0 Å². The van der Waals surface area contributed by atoms with Crippen LogP contribution in [0.15, 0.2) is 0 Å². The second-order valence-corrected chi connectivity index (χ2v) is 4.33. The molecule has 0 aromatic heterocycles. The zero-order valence-corrected chi connectivity index (χ0v) is 9.60. The van der Waals surface area contributed by atoms with Gasteiger partial charge in [0.05, 0.1) is 5.60 Å². The van der Waals surface area contributed by atoms with E-state index >= 15 is 0 Å². The van der Waals surface area contributed by atoms with Gasteiger partial charge < -0.3 is 10.5 Å². The number of hydrogen-bond donors (Lipinski definition) is 1. The maximum Gasteiger partial charge on any atom is 0.0641 e. The molecule has 13 heavy (non-hydrogen) atoms. The van der Waals surface area contributed by atoms with E-state index in [0.717, 1.165) is 25.9 Å². The second-order valence-electron chi connectivity index (χ2n) is 4.33. The number of ether oxygens (including phenoxy) is 1. The third-order valence-corrected chi connectivity index (χ3v) is 2.27. The first-order valence-corrected chi connectivity index (χ1v) is 5.41. The van der Waals surface area contributed by atoms with Crippen LogP contribution in [0, 0.1) is 0 Å². The van der Waals surface area contributed by atoms with Crippen LogP contribution in [0.3, 0.4) is 0 Å². The molecule has 0 amide bonds. The standard InChI is InChI=1S/C11H25NO/c1-5-7-8-13-11(3,4)9-10(12)6-2/h10H,5-9,12H2,1-4H3. The van der Waals surface area contributed by atoms with Gasteiger partial charge in [0.15, 0.2) is 0 Å². The fourth-order valence-corrected chi connectivity index (χ4v) is 1.33. The van der Waals surface area contributed by atoms with Crippen LogP contribution >= 0.6 is 0 Å². The molecule has 0 rings (SSSR count). The van der Waals surface area contributed by atoms with Gasteiger partial charge >= 0.3 is 0 Å². The van der Waals surface area contributed by atoms with Crippen molar-refractivity contribution in [2.24, 2.45) is 5.73 Å². The zero-order chi connectivity index (χ0) is 10.3. The molecule has 80 valence electrons. The predicted molar refractivity (Wildman–Crippen MR) is 57.8 cm³/mol. The topological polar surface area (TPSA) is 35.2 Å². The summed E-state index contributed by atoms with van der Waals surface area (Å²) in [5, 5.41) is 0. The Morgan fingerprint density at radius 2 is 1.92 bits per heavy atom. The molecule has 0 radical (unpaired) electrons. The summed E-state index contributed by atoms with van der Waals surface area (Å²) in [5.41, 5.74) is 5.83. The first kappa shape index (κ1) is 12.9. The summed E-state index contributed by atoms with van der Waals surface area (Å²) in [5.74, 6) is 0. The molecule has 0 spiro atoms. The lowest BCUT2D eigenvalue weighted by Gasteiger charge is -2.28. The van der Waals surface area contributed by atoms with Crippen molar-refractivity contribution in [3.05, 3.63) is 0 Å². The Hall–Kier alpha value is -0.0800. The summed E-state index contributed by atoms with van der Waals surface area (Å²) in [6.45, 7) is 9.40. The Balaban J connectivity index is 3.65. The number of hydrogen-bond acceptors (Lipinski definition) is 2. The highest BCUT2D eigenvalue weighted by atomic mass is 16.5. The van der Waals surface area contributed by atoms with Crippen LogP contribution in [0.1, 0.15) is 53.4 Å². The fourth-order valence-electron chi connectivity index (χ4n) is 1.33. The molecule has 0 aromatic carbocycles. The van der Waals surface area contributed by atoms with E-state index in [1.807, 2.05) is 0 Å². The van der Waals surface area contributed by atoms with Crippen molar-refractivity contribution in [3.63, 3.8) is 0 Å². The van der Waals surface area contributed by atoms with Gasteiger partial charge in [0.1, 0.15) is 0 Å². The lowest BCUT2D eigenvalue weighted by atomic mass is 9.98. The van der Waals surface area contributed by atoms with Crippen LogP contribution in [0.2, 0.25) is 0 Å². The summed E-state index contributed by atoms with van der Waals surface area (Å²) in [7, 11) is 0. The third kappa shape index (κ3) is 7.03. The average molecular weight is 187 g/mol. The minimum atomic E-state index is -0.0510. The molecule has 2 nitrogen and oxygen atoms in total. The van der Waals surface area contributed by atoms with E-state index in [1.54, 1.807) is 0 Å². The van der Waals surface area contributed by atoms with E-state index in [4.69, 9.17) is 10.5 Å². The van der Waals surface area contributed by atoms with Gasteiger partial charge in [0.25, 0.3) is 0 Å². The Morgan fingerprint density at radius 3 is 2.38 bits per heavy atom. The molecule has 0 bridgehead atoms. The lowest BCUT2D eigenvalue weighted by Crippen LogP contribution is -2.34. The highest BCUT2D eigenvalue weighted by Gasteiger charge is 2.20. The summed E-state index contributed by atoms with van der Waals surface area (Å²) in [4.78, 5) is 0. The molecule has 2 N–H and O–H groups in total. The van der Waals surface area contributed by atoms with E-state index in [1.165, 1.54) is 6.42 Å². The van der Waals surface area contributed by atoms with Crippen LogP contribution in [-0.2, 0) is 4.74 Å². The van der Waals surface area contributed by atoms with E-state index in [0.29, 0.717) is 0 Å². The van der Waals surface area contributed by atoms with Crippen molar-refractivity contribution in [2.45, 2.75) is 65.0 Å². The largest absolute Gasteiger partial charge is 0.376 e. The molecule has 0 heterocycles. The van der Waals surface area contributed by atoms with Gasteiger partial charge in [-0.3, -0.25) is 0 Å². The van der Waals surface area contributed by atoms with Crippen LogP contribution < -0.4 is 5.73 Å². The van der Waals surface area contributed by atoms with Crippen LogP contribution in [0.25, 0.3) is 0 Å². The van der Waals surface area contributed by atoms with E-state index in [2.05, 4.69) is 27.7 Å². The molecule has 1 atom stereocenters. The minimum Gasteiger partial charge on any atom is -0.376 e. The van der Waals surface area contributed by atoms with Gasteiger partial charge in [-0.15, -0.1) is 0 Å². The maximum atomic E-state index is 5.88. The predicted octanol–water partition coefficient (Wildman–Crippen LogP) is 2.71. The minimum absolute atomic E-state index is 0.0510. The molecule has 0 aliphatic heterocycles. The van der Waals surface area contributed by atoms with Gasteiger partial charge in [-0.2, -0.15) is 0 Å². The van der Waals surface area contributed by atoms with Gasteiger partial charge in [0, 0.05) is 12.6 Å². The van der Waals surface area contributed by atoms with Crippen molar-refractivity contribution < 1.29 is 4.74 Å². The summed E-state index contributed by atoms with van der Waals surface area (Å²) in [6, 6.07) is 0.275. The maximum absolute atomic E-state index is 5.88. The monoisotopic (exact) mass is 187 g/mol. The molecule has 0 aromatic rings. The molecule has 0 saturated carbocycles. The third-order valence-electron chi connectivity index (χ3n) is 2.27. The van der Waals surface area contributed by atoms with Crippen LogP contribution in [0.5, 0.6) is 0 Å². The van der Waals surface area contributed by atoms with Gasteiger partial charge in [-0.05, 0) is 33.1 Å². The number of nitrogens with two attached hydrogens (primary N) is 1. The quantitative estimate of drug-likeness (QED) is 0.622. The van der Waals surface area contributed by atoms with Crippen molar-refractivity contribution in [1.82, 2.24) is 0 Å². The molecule has 0 aliphatic rings. The second kappa shape index (κ2) is 6.39. The van der Waals surface area contributed by atoms with E-state index in [9.17, 15) is 0 Å². The van der Waals surface area contributed by atoms with E-state index in [-0.39, 0.29) is 11.6 Å². The van der Waals surface area contributed by atoms with Gasteiger partial charge in [-0.1, -0.05) is 20.3 Å². The lowest BCUT2D eigenvalue weighted by molar-refractivity contribution is -0.0289. The summed E-state index contributed by atoms with van der Waals surface area (Å²) in [6.07, 6.45) is 4.31.